The van der Waals surface area contributed by atoms with Gasteiger partial charge in [0.2, 0.25) is 11.9 Å². The third-order valence-corrected chi connectivity index (χ3v) is 4.90. The summed E-state index contributed by atoms with van der Waals surface area (Å²) in [5.74, 6) is -0.163. The number of amides is 3. The standard InChI is InChI=1S/C18H24ClN7O2/c1-12(2)15(16(27)23-17-20-11-21-24-17)22-18(28)26-9-7-25(8-10-26)14-5-3-13(19)4-6-14/h3-6,11-12,15H,7-10H2,1-2H3,(H,22,28)(H2,20,21,23,24,27). The second-order valence-corrected chi connectivity index (χ2v) is 7.38. The molecule has 1 atom stereocenters. The predicted octanol–water partition coefficient (Wildman–Crippen LogP) is 1.95. The molecule has 0 saturated carbocycles. The normalized spacial score (nSPS) is 15.4. The van der Waals surface area contributed by atoms with Crippen LogP contribution in [0.5, 0.6) is 0 Å². The summed E-state index contributed by atoms with van der Waals surface area (Å²) < 4.78 is 0. The summed E-state index contributed by atoms with van der Waals surface area (Å²) in [4.78, 5) is 33.0. The summed E-state index contributed by atoms with van der Waals surface area (Å²) >= 11 is 5.94. The number of halogens is 1. The van der Waals surface area contributed by atoms with Crippen molar-refractivity contribution in [3.8, 4) is 0 Å². The monoisotopic (exact) mass is 405 g/mol. The van der Waals surface area contributed by atoms with Crippen LogP contribution in [0.15, 0.2) is 30.6 Å². The number of anilines is 2. The molecule has 1 aromatic heterocycles. The molecule has 0 bridgehead atoms. The Morgan fingerprint density at radius 1 is 1.14 bits per heavy atom. The number of benzene rings is 1. The van der Waals surface area contributed by atoms with Crippen LogP contribution in [0.2, 0.25) is 5.02 Å². The number of hydrogen-bond donors (Lipinski definition) is 3. The minimum absolute atomic E-state index is 0.0813. The first kappa shape index (κ1) is 19.9. The Labute approximate surface area is 168 Å². The number of rotatable bonds is 5. The molecule has 3 rings (SSSR count). The molecule has 1 aliphatic rings. The van der Waals surface area contributed by atoms with Crippen molar-refractivity contribution in [3.05, 3.63) is 35.6 Å². The topological polar surface area (TPSA) is 106 Å². The quantitative estimate of drug-likeness (QED) is 0.705. The highest BCUT2D eigenvalue weighted by Gasteiger charge is 2.28. The Balaban J connectivity index is 1.54. The van der Waals surface area contributed by atoms with Crippen LogP contribution in [0.3, 0.4) is 0 Å². The molecular formula is C18H24ClN7O2. The minimum atomic E-state index is -0.674. The summed E-state index contributed by atoms with van der Waals surface area (Å²) in [6.45, 7) is 6.33. The molecule has 3 amide bonds. The second-order valence-electron chi connectivity index (χ2n) is 6.95. The van der Waals surface area contributed by atoms with E-state index in [4.69, 9.17) is 11.6 Å². The van der Waals surface area contributed by atoms with E-state index in [-0.39, 0.29) is 23.8 Å². The van der Waals surface area contributed by atoms with Gasteiger partial charge in [0.15, 0.2) is 0 Å². The van der Waals surface area contributed by atoms with E-state index in [2.05, 4.69) is 30.7 Å². The van der Waals surface area contributed by atoms with E-state index in [1.54, 1.807) is 4.90 Å². The average molecular weight is 406 g/mol. The summed E-state index contributed by atoms with van der Waals surface area (Å²) in [7, 11) is 0. The lowest BCUT2D eigenvalue weighted by atomic mass is 10.0. The van der Waals surface area contributed by atoms with E-state index in [0.29, 0.717) is 31.2 Å². The molecule has 3 N–H and O–H groups in total. The van der Waals surface area contributed by atoms with Gasteiger partial charge in [-0.15, -0.1) is 0 Å². The van der Waals surface area contributed by atoms with Crippen LogP contribution in [0, 0.1) is 5.92 Å². The maximum absolute atomic E-state index is 12.7. The van der Waals surface area contributed by atoms with Gasteiger partial charge in [0.05, 0.1) is 0 Å². The molecule has 1 aliphatic heterocycles. The zero-order valence-corrected chi connectivity index (χ0v) is 16.6. The zero-order valence-electron chi connectivity index (χ0n) is 15.9. The molecule has 2 aromatic rings. The largest absolute Gasteiger partial charge is 0.368 e. The molecule has 150 valence electrons. The number of nitrogens with zero attached hydrogens (tertiary/aromatic N) is 4. The van der Waals surface area contributed by atoms with E-state index in [0.717, 1.165) is 5.69 Å². The zero-order chi connectivity index (χ0) is 20.1. The van der Waals surface area contributed by atoms with Gasteiger partial charge in [0.25, 0.3) is 0 Å². The first-order valence-corrected chi connectivity index (χ1v) is 9.54. The third-order valence-electron chi connectivity index (χ3n) is 4.64. The first-order chi connectivity index (χ1) is 13.4. The van der Waals surface area contributed by atoms with Crippen LogP contribution in [-0.2, 0) is 4.79 Å². The molecule has 1 unspecified atom stereocenters. The molecule has 10 heteroatoms. The Morgan fingerprint density at radius 3 is 2.39 bits per heavy atom. The lowest BCUT2D eigenvalue weighted by molar-refractivity contribution is -0.118. The van der Waals surface area contributed by atoms with Crippen LogP contribution in [0.1, 0.15) is 13.8 Å². The maximum Gasteiger partial charge on any atom is 0.318 e. The fraction of sp³-hybridized carbons (Fsp3) is 0.444. The first-order valence-electron chi connectivity index (χ1n) is 9.16. The average Bonchev–Trinajstić information content (AvgIpc) is 3.19. The highest BCUT2D eigenvalue weighted by molar-refractivity contribution is 6.30. The molecule has 1 saturated heterocycles. The van der Waals surface area contributed by atoms with Crippen molar-refractivity contribution >= 4 is 35.2 Å². The second kappa shape index (κ2) is 8.92. The fourth-order valence-electron chi connectivity index (χ4n) is 3.04. The molecule has 28 heavy (non-hydrogen) atoms. The highest BCUT2D eigenvalue weighted by Crippen LogP contribution is 2.19. The Kier molecular flexibility index (Phi) is 6.35. The van der Waals surface area contributed by atoms with Gasteiger partial charge in [-0.1, -0.05) is 25.4 Å². The number of hydrogen-bond acceptors (Lipinski definition) is 5. The van der Waals surface area contributed by atoms with E-state index in [1.165, 1.54) is 6.33 Å². The van der Waals surface area contributed by atoms with Crippen LogP contribution in [-0.4, -0.2) is 64.2 Å². The van der Waals surface area contributed by atoms with Crippen molar-refractivity contribution < 1.29 is 9.59 Å². The van der Waals surface area contributed by atoms with Crippen LogP contribution < -0.4 is 15.5 Å². The van der Waals surface area contributed by atoms with E-state index in [1.807, 2.05) is 38.1 Å². The Hall–Kier alpha value is -2.81. The molecule has 2 heterocycles. The molecule has 0 spiro atoms. The van der Waals surface area contributed by atoms with Crippen molar-refractivity contribution in [1.29, 1.82) is 0 Å². The van der Waals surface area contributed by atoms with Crippen molar-refractivity contribution in [2.45, 2.75) is 19.9 Å². The van der Waals surface area contributed by atoms with E-state index in [9.17, 15) is 9.59 Å². The minimum Gasteiger partial charge on any atom is -0.368 e. The summed E-state index contributed by atoms with van der Waals surface area (Å²) in [5.41, 5.74) is 1.08. The number of carbonyl (C=O) groups excluding carboxylic acids is 2. The van der Waals surface area contributed by atoms with Crippen molar-refractivity contribution in [2.75, 3.05) is 36.4 Å². The van der Waals surface area contributed by atoms with E-state index < -0.39 is 6.04 Å². The fourth-order valence-corrected chi connectivity index (χ4v) is 3.17. The smallest absolute Gasteiger partial charge is 0.318 e. The van der Waals surface area contributed by atoms with Crippen LogP contribution >= 0.6 is 11.6 Å². The maximum atomic E-state index is 12.7. The number of aromatic amines is 1. The summed E-state index contributed by atoms with van der Waals surface area (Å²) in [6, 6.07) is 6.74. The van der Waals surface area contributed by atoms with Gasteiger partial charge in [-0.05, 0) is 30.2 Å². The van der Waals surface area contributed by atoms with Crippen molar-refractivity contribution in [2.24, 2.45) is 5.92 Å². The van der Waals surface area contributed by atoms with Gasteiger partial charge in [-0.25, -0.2) is 9.89 Å². The number of aromatic nitrogens is 3. The molecule has 1 aromatic carbocycles. The number of carbonyl (C=O) groups is 2. The summed E-state index contributed by atoms with van der Waals surface area (Å²) in [5, 5.41) is 12.4. The number of piperazine rings is 1. The third kappa shape index (κ3) is 4.92. The van der Waals surface area contributed by atoms with Crippen LogP contribution in [0.4, 0.5) is 16.4 Å². The van der Waals surface area contributed by atoms with Crippen molar-refractivity contribution in [1.82, 2.24) is 25.4 Å². The molecule has 0 aliphatic carbocycles. The number of urea groups is 1. The summed E-state index contributed by atoms with van der Waals surface area (Å²) in [6.07, 6.45) is 1.30. The SMILES string of the molecule is CC(C)C(NC(=O)N1CCN(c2ccc(Cl)cc2)CC1)C(=O)Nc1ncn[nH]1. The predicted molar refractivity (Wildman–Crippen MR) is 107 cm³/mol. The van der Waals surface area contributed by atoms with Gasteiger partial charge in [-0.3, -0.25) is 10.1 Å². The molecular weight excluding hydrogens is 382 g/mol. The highest BCUT2D eigenvalue weighted by atomic mass is 35.5. The molecule has 0 radical (unpaired) electrons. The van der Waals surface area contributed by atoms with Crippen molar-refractivity contribution in [3.63, 3.8) is 0 Å². The molecule has 1 fully saturated rings. The van der Waals surface area contributed by atoms with Gasteiger partial charge in [0.1, 0.15) is 12.4 Å². The Bertz CT molecular complexity index is 787. The number of nitrogens with one attached hydrogen (secondary N) is 3. The van der Waals surface area contributed by atoms with Gasteiger partial charge in [0, 0.05) is 36.9 Å². The Morgan fingerprint density at radius 2 is 1.82 bits per heavy atom. The lowest BCUT2D eigenvalue weighted by Gasteiger charge is -2.37. The van der Waals surface area contributed by atoms with Gasteiger partial charge in [-0.2, -0.15) is 10.1 Å². The van der Waals surface area contributed by atoms with Crippen LogP contribution in [0.25, 0.3) is 0 Å². The van der Waals surface area contributed by atoms with Gasteiger partial charge < -0.3 is 15.1 Å². The van der Waals surface area contributed by atoms with Gasteiger partial charge >= 0.3 is 6.03 Å². The molecule has 9 nitrogen and oxygen atoms in total. The number of H-pyrrole nitrogens is 1. The lowest BCUT2D eigenvalue weighted by Crippen LogP contribution is -2.56. The van der Waals surface area contributed by atoms with E-state index >= 15 is 0 Å².